The number of halogens is 3. The van der Waals surface area contributed by atoms with Gasteiger partial charge in [-0.05, 0) is 42.6 Å². The first-order valence-electron chi connectivity index (χ1n) is 9.80. The third-order valence-corrected chi connectivity index (χ3v) is 5.89. The normalized spacial score (nSPS) is 16.6. The molecule has 0 spiro atoms. The van der Waals surface area contributed by atoms with Gasteiger partial charge in [0.2, 0.25) is 0 Å². The Bertz CT molecular complexity index is 1160. The van der Waals surface area contributed by atoms with Crippen LogP contribution in [0.3, 0.4) is 0 Å². The third-order valence-electron chi connectivity index (χ3n) is 5.38. The molecular formula is C21H21F3N4O3S. The predicted octanol–water partition coefficient (Wildman–Crippen LogP) is 3.70. The molecule has 1 aromatic carbocycles. The van der Waals surface area contributed by atoms with Crippen molar-refractivity contribution in [2.24, 2.45) is 5.14 Å². The molecular weight excluding hydrogens is 445 g/mol. The van der Waals surface area contributed by atoms with Gasteiger partial charge in [-0.2, -0.15) is 0 Å². The molecule has 7 nitrogen and oxygen atoms in total. The summed E-state index contributed by atoms with van der Waals surface area (Å²) >= 11 is 0.723. The quantitative estimate of drug-likeness (QED) is 0.591. The van der Waals surface area contributed by atoms with Crippen molar-refractivity contribution in [2.75, 3.05) is 26.8 Å². The highest BCUT2D eigenvalue weighted by molar-refractivity contribution is 7.97. The monoisotopic (exact) mass is 466 g/mol. The Labute approximate surface area is 186 Å². The van der Waals surface area contributed by atoms with Crippen LogP contribution in [-0.2, 0) is 15.9 Å². The van der Waals surface area contributed by atoms with Crippen LogP contribution < -0.4 is 5.14 Å². The molecule has 1 fully saturated rings. The van der Waals surface area contributed by atoms with E-state index in [0.717, 1.165) is 24.1 Å². The first kappa shape index (κ1) is 22.4. The maximum absolute atomic E-state index is 14.9. The number of nitrogens with two attached hydrogens (primary N) is 1. The van der Waals surface area contributed by atoms with Gasteiger partial charge in [0, 0.05) is 24.1 Å². The van der Waals surface area contributed by atoms with E-state index in [9.17, 15) is 18.0 Å². The predicted molar refractivity (Wildman–Crippen MR) is 113 cm³/mol. The molecule has 170 valence electrons. The number of ether oxygens (including phenoxy) is 2. The van der Waals surface area contributed by atoms with Crippen LogP contribution in [0.15, 0.2) is 29.3 Å². The van der Waals surface area contributed by atoms with Crippen molar-refractivity contribution in [3.8, 4) is 11.3 Å². The van der Waals surface area contributed by atoms with Crippen molar-refractivity contribution in [3.63, 3.8) is 0 Å². The number of hydrogen-bond donors (Lipinski definition) is 1. The van der Waals surface area contributed by atoms with Gasteiger partial charge in [-0.1, -0.05) is 0 Å². The molecule has 11 heteroatoms. The lowest BCUT2D eigenvalue weighted by molar-refractivity contribution is -0.0241. The molecule has 3 aromatic rings. The molecule has 2 N–H and O–H groups in total. The minimum atomic E-state index is -0.833. The number of pyridine rings is 1. The van der Waals surface area contributed by atoms with Crippen molar-refractivity contribution in [1.29, 1.82) is 0 Å². The zero-order valence-corrected chi connectivity index (χ0v) is 18.2. The molecule has 0 radical (unpaired) electrons. The smallest absolute Gasteiger partial charge is 0.409 e. The van der Waals surface area contributed by atoms with Crippen LogP contribution in [0.5, 0.6) is 0 Å². The van der Waals surface area contributed by atoms with Crippen LogP contribution in [0, 0.1) is 24.4 Å². The second-order valence-corrected chi connectivity index (χ2v) is 8.14. The van der Waals surface area contributed by atoms with Crippen LogP contribution in [0.1, 0.15) is 11.3 Å². The summed E-state index contributed by atoms with van der Waals surface area (Å²) in [5.41, 5.74) is 0.756. The fraction of sp³-hybridized carbons (Fsp3) is 0.333. The first-order chi connectivity index (χ1) is 15.3. The Morgan fingerprint density at radius 1 is 1.28 bits per heavy atom. The molecule has 3 heterocycles. The van der Waals surface area contributed by atoms with Crippen LogP contribution in [-0.4, -0.2) is 53.3 Å². The number of amides is 1. The maximum atomic E-state index is 14.9. The highest BCUT2D eigenvalue weighted by Crippen LogP contribution is 2.33. The summed E-state index contributed by atoms with van der Waals surface area (Å²) in [6.45, 7) is 2.42. The number of hydrogen-bond acceptors (Lipinski definition) is 6. The molecule has 1 saturated heterocycles. The molecule has 4 rings (SSSR count). The Morgan fingerprint density at radius 3 is 2.66 bits per heavy atom. The van der Waals surface area contributed by atoms with E-state index in [-0.39, 0.29) is 35.7 Å². The molecule has 1 atom stereocenters. The van der Waals surface area contributed by atoms with Gasteiger partial charge in [0.1, 0.15) is 23.1 Å². The second kappa shape index (κ2) is 9.00. The molecule has 0 bridgehead atoms. The number of aryl methyl sites for hydroxylation is 1. The number of morpholine rings is 1. The average molecular weight is 466 g/mol. The van der Waals surface area contributed by atoms with Gasteiger partial charge in [-0.15, -0.1) is 0 Å². The summed E-state index contributed by atoms with van der Waals surface area (Å²) in [6, 6.07) is 3.75. The van der Waals surface area contributed by atoms with Gasteiger partial charge in [0.25, 0.3) is 0 Å². The fourth-order valence-electron chi connectivity index (χ4n) is 3.80. The topological polar surface area (TPSA) is 82.1 Å². The highest BCUT2D eigenvalue weighted by Gasteiger charge is 2.29. The van der Waals surface area contributed by atoms with E-state index in [1.807, 2.05) is 0 Å². The Morgan fingerprint density at radius 2 is 2.00 bits per heavy atom. The van der Waals surface area contributed by atoms with Gasteiger partial charge in [-0.25, -0.2) is 22.9 Å². The molecule has 32 heavy (non-hydrogen) atoms. The number of aromatic nitrogens is 2. The van der Waals surface area contributed by atoms with E-state index in [1.54, 1.807) is 6.92 Å². The van der Waals surface area contributed by atoms with Crippen molar-refractivity contribution in [2.45, 2.75) is 24.3 Å². The molecule has 1 unspecified atom stereocenters. The number of imidazole rings is 1. The summed E-state index contributed by atoms with van der Waals surface area (Å²) in [4.78, 5) is 18.0. The summed E-state index contributed by atoms with van der Waals surface area (Å²) in [5.74, 6) is -2.15. The Balaban J connectivity index is 1.82. The van der Waals surface area contributed by atoms with E-state index in [4.69, 9.17) is 14.6 Å². The minimum Gasteiger partial charge on any atom is -0.453 e. The zero-order valence-electron chi connectivity index (χ0n) is 17.4. The van der Waals surface area contributed by atoms with E-state index in [1.165, 1.54) is 28.7 Å². The molecule has 2 aromatic heterocycles. The molecule has 0 aliphatic carbocycles. The number of carbonyl (C=O) groups is 1. The second-order valence-electron chi connectivity index (χ2n) is 7.43. The third kappa shape index (κ3) is 4.15. The lowest BCUT2D eigenvalue weighted by Gasteiger charge is -2.32. The van der Waals surface area contributed by atoms with E-state index in [2.05, 4.69) is 4.98 Å². The van der Waals surface area contributed by atoms with Gasteiger partial charge < -0.3 is 18.8 Å². The molecule has 1 aliphatic heterocycles. The molecule has 1 aliphatic rings. The summed E-state index contributed by atoms with van der Waals surface area (Å²) in [7, 11) is 1.29. The molecule has 1 amide bonds. The fourth-order valence-corrected chi connectivity index (χ4v) is 4.14. The lowest BCUT2D eigenvalue weighted by atomic mass is 10.0. The Hall–Kier alpha value is -2.76. The van der Waals surface area contributed by atoms with Crippen LogP contribution in [0.4, 0.5) is 18.0 Å². The number of rotatable bonds is 4. The Kier molecular flexibility index (Phi) is 6.31. The highest BCUT2D eigenvalue weighted by atomic mass is 32.2. The SMILES string of the molecule is COC(=O)N1CCOC(Cc2c(-c3c(F)cc(SN)cc3F)nc3cc(C)c(F)cn23)C1. The van der Waals surface area contributed by atoms with E-state index in [0.29, 0.717) is 23.4 Å². The summed E-state index contributed by atoms with van der Waals surface area (Å²) < 4.78 is 56.2. The van der Waals surface area contributed by atoms with Crippen LogP contribution in [0.25, 0.3) is 16.9 Å². The van der Waals surface area contributed by atoms with E-state index < -0.39 is 29.6 Å². The number of fused-ring (bicyclic) bond motifs is 1. The van der Waals surface area contributed by atoms with Crippen molar-refractivity contribution in [3.05, 3.63) is 53.1 Å². The number of benzene rings is 1. The summed E-state index contributed by atoms with van der Waals surface area (Å²) in [6.07, 6.45) is 0.372. The minimum absolute atomic E-state index is 0.0392. The van der Waals surface area contributed by atoms with Gasteiger partial charge in [-0.3, -0.25) is 5.14 Å². The van der Waals surface area contributed by atoms with Crippen LogP contribution >= 0.6 is 11.9 Å². The van der Waals surface area contributed by atoms with Gasteiger partial charge >= 0.3 is 6.09 Å². The number of carbonyl (C=O) groups excluding carboxylic acids is 1. The lowest BCUT2D eigenvalue weighted by Crippen LogP contribution is -2.46. The van der Waals surface area contributed by atoms with Gasteiger partial charge in [0.05, 0.1) is 43.3 Å². The maximum Gasteiger partial charge on any atom is 0.409 e. The largest absolute Gasteiger partial charge is 0.453 e. The van der Waals surface area contributed by atoms with Crippen molar-refractivity contribution < 1.29 is 27.4 Å². The summed E-state index contributed by atoms with van der Waals surface area (Å²) in [5, 5.41) is 5.44. The van der Waals surface area contributed by atoms with Gasteiger partial charge in [0.15, 0.2) is 0 Å². The number of methoxy groups -OCH3 is 1. The number of nitrogens with zero attached hydrogens (tertiary/aromatic N) is 3. The van der Waals surface area contributed by atoms with Crippen LogP contribution in [0.2, 0.25) is 0 Å². The standard InChI is InChI=1S/C21H21F3N4O3S/c1-11-5-18-26-20(19-14(22)7-13(32-25)8-15(19)23)17(28(18)10-16(11)24)6-12-9-27(3-4-31-12)21(29)30-2/h5,7-8,10,12H,3-4,6,9,25H2,1-2H3. The zero-order chi connectivity index (χ0) is 23.0. The first-order valence-corrected chi connectivity index (χ1v) is 10.7. The average Bonchev–Trinajstić information content (AvgIpc) is 3.09. The molecule has 0 saturated carbocycles. The van der Waals surface area contributed by atoms with Crippen molar-refractivity contribution in [1.82, 2.24) is 14.3 Å². The van der Waals surface area contributed by atoms with Crippen molar-refractivity contribution >= 4 is 23.7 Å². The van der Waals surface area contributed by atoms with E-state index >= 15 is 0 Å².